The first kappa shape index (κ1) is 14.4. The van der Waals surface area contributed by atoms with Gasteiger partial charge in [-0.25, -0.2) is 4.68 Å². The van der Waals surface area contributed by atoms with Gasteiger partial charge in [-0.2, -0.15) is 0 Å². The van der Waals surface area contributed by atoms with Gasteiger partial charge in [0.05, 0.1) is 18.8 Å². The van der Waals surface area contributed by atoms with Gasteiger partial charge in [0, 0.05) is 45.5 Å². The van der Waals surface area contributed by atoms with Crippen LogP contribution in [0.5, 0.6) is 0 Å². The lowest BCUT2D eigenvalue weighted by molar-refractivity contribution is 0.124. The topological polar surface area (TPSA) is 46.4 Å². The quantitative estimate of drug-likeness (QED) is 0.671. The lowest BCUT2D eigenvalue weighted by atomic mass is 10.3. The molecule has 2 heterocycles. The van der Waals surface area contributed by atoms with Crippen molar-refractivity contribution >= 4 is 0 Å². The fraction of sp³-hybridized carbons (Fsp3) is 0.846. The fourth-order valence-electron chi connectivity index (χ4n) is 2.16. The molecule has 0 amide bonds. The summed E-state index contributed by atoms with van der Waals surface area (Å²) in [4.78, 5) is 4.79. The second-order valence-electron chi connectivity index (χ2n) is 5.16. The summed E-state index contributed by atoms with van der Waals surface area (Å²) in [6, 6.07) is 0. The highest BCUT2D eigenvalue weighted by molar-refractivity contribution is 4.92. The molecule has 1 fully saturated rings. The SMILES string of the molecule is CCCOCCn1cc(CN2CCN(C)CC2)nn1. The van der Waals surface area contributed by atoms with E-state index >= 15 is 0 Å². The van der Waals surface area contributed by atoms with Crippen LogP contribution in [0.2, 0.25) is 0 Å². The van der Waals surface area contributed by atoms with E-state index < -0.39 is 0 Å². The third-order valence-electron chi connectivity index (χ3n) is 3.38. The van der Waals surface area contributed by atoms with Crippen LogP contribution in [-0.2, 0) is 17.8 Å². The van der Waals surface area contributed by atoms with Crippen LogP contribution in [0.1, 0.15) is 19.0 Å². The van der Waals surface area contributed by atoms with Gasteiger partial charge in [-0.15, -0.1) is 5.10 Å². The van der Waals surface area contributed by atoms with Crippen molar-refractivity contribution in [2.24, 2.45) is 0 Å². The number of ether oxygens (including phenoxy) is 1. The van der Waals surface area contributed by atoms with E-state index in [1.165, 1.54) is 0 Å². The Morgan fingerprint density at radius 2 is 2.00 bits per heavy atom. The minimum atomic E-state index is 0.713. The van der Waals surface area contributed by atoms with Crippen LogP contribution in [0.25, 0.3) is 0 Å². The maximum Gasteiger partial charge on any atom is 0.0967 e. The molecule has 0 saturated carbocycles. The summed E-state index contributed by atoms with van der Waals surface area (Å²) < 4.78 is 7.33. The third-order valence-corrected chi connectivity index (χ3v) is 3.38. The number of hydrogen-bond acceptors (Lipinski definition) is 5. The van der Waals surface area contributed by atoms with E-state index in [-0.39, 0.29) is 0 Å². The average Bonchev–Trinajstić information content (AvgIpc) is 2.85. The molecule has 0 atom stereocenters. The highest BCUT2D eigenvalue weighted by Gasteiger charge is 2.15. The molecule has 0 aliphatic carbocycles. The van der Waals surface area contributed by atoms with Crippen LogP contribution < -0.4 is 0 Å². The second kappa shape index (κ2) is 7.57. The largest absolute Gasteiger partial charge is 0.380 e. The van der Waals surface area contributed by atoms with E-state index in [9.17, 15) is 0 Å². The van der Waals surface area contributed by atoms with Crippen molar-refractivity contribution in [2.75, 3.05) is 46.4 Å². The van der Waals surface area contributed by atoms with Crippen molar-refractivity contribution < 1.29 is 4.74 Å². The molecule has 0 N–H and O–H groups in total. The smallest absolute Gasteiger partial charge is 0.0967 e. The molecule has 0 radical (unpaired) electrons. The van der Waals surface area contributed by atoms with Crippen LogP contribution in [0, 0.1) is 0 Å². The van der Waals surface area contributed by atoms with E-state index in [1.807, 2.05) is 10.9 Å². The van der Waals surface area contributed by atoms with Gasteiger partial charge in [0.1, 0.15) is 0 Å². The van der Waals surface area contributed by atoms with Gasteiger partial charge < -0.3 is 9.64 Å². The zero-order valence-corrected chi connectivity index (χ0v) is 12.1. The monoisotopic (exact) mass is 267 g/mol. The Morgan fingerprint density at radius 1 is 1.21 bits per heavy atom. The second-order valence-corrected chi connectivity index (χ2v) is 5.16. The number of piperazine rings is 1. The van der Waals surface area contributed by atoms with E-state index in [1.54, 1.807) is 0 Å². The molecule has 1 aromatic heterocycles. The maximum absolute atomic E-state index is 5.45. The fourth-order valence-corrected chi connectivity index (χ4v) is 2.16. The minimum absolute atomic E-state index is 0.713. The van der Waals surface area contributed by atoms with Crippen LogP contribution in [0.15, 0.2) is 6.20 Å². The van der Waals surface area contributed by atoms with E-state index in [4.69, 9.17) is 4.74 Å². The normalized spacial score (nSPS) is 18.0. The van der Waals surface area contributed by atoms with Gasteiger partial charge in [-0.3, -0.25) is 4.90 Å². The Balaban J connectivity index is 1.71. The summed E-state index contributed by atoms with van der Waals surface area (Å²) in [5.74, 6) is 0. The molecule has 19 heavy (non-hydrogen) atoms. The molecule has 1 aliphatic heterocycles. The molecular formula is C13H25N5O. The summed E-state index contributed by atoms with van der Waals surface area (Å²) in [6.45, 7) is 9.85. The first-order valence-corrected chi connectivity index (χ1v) is 7.15. The summed E-state index contributed by atoms with van der Waals surface area (Å²) in [7, 11) is 2.17. The lowest BCUT2D eigenvalue weighted by Crippen LogP contribution is -2.43. The molecule has 6 nitrogen and oxygen atoms in total. The van der Waals surface area contributed by atoms with Gasteiger partial charge >= 0.3 is 0 Å². The number of aromatic nitrogens is 3. The number of nitrogens with zero attached hydrogens (tertiary/aromatic N) is 5. The standard InChI is InChI=1S/C13H25N5O/c1-3-9-19-10-8-18-12-13(14-15-18)11-17-6-4-16(2)5-7-17/h12H,3-11H2,1-2H3. The highest BCUT2D eigenvalue weighted by atomic mass is 16.5. The van der Waals surface area contributed by atoms with Crippen molar-refractivity contribution in [1.29, 1.82) is 0 Å². The predicted molar refractivity (Wildman–Crippen MR) is 73.9 cm³/mol. The third kappa shape index (κ3) is 4.89. The summed E-state index contributed by atoms with van der Waals surface area (Å²) in [5, 5.41) is 8.37. The summed E-state index contributed by atoms with van der Waals surface area (Å²) >= 11 is 0. The first-order valence-electron chi connectivity index (χ1n) is 7.15. The molecular weight excluding hydrogens is 242 g/mol. The molecule has 0 bridgehead atoms. The minimum Gasteiger partial charge on any atom is -0.380 e. The molecule has 0 unspecified atom stereocenters. The van der Waals surface area contributed by atoms with Crippen molar-refractivity contribution in [3.8, 4) is 0 Å². The molecule has 6 heteroatoms. The zero-order chi connectivity index (χ0) is 13.5. The van der Waals surface area contributed by atoms with Crippen LogP contribution in [-0.4, -0.2) is 71.2 Å². The summed E-state index contributed by atoms with van der Waals surface area (Å²) in [5.41, 5.74) is 1.06. The Bertz CT molecular complexity index is 360. The number of hydrogen-bond donors (Lipinski definition) is 0. The van der Waals surface area contributed by atoms with E-state index in [0.29, 0.717) is 6.61 Å². The Morgan fingerprint density at radius 3 is 2.74 bits per heavy atom. The van der Waals surface area contributed by atoms with Gasteiger partial charge in [0.15, 0.2) is 0 Å². The predicted octanol–water partition coefficient (Wildman–Crippen LogP) is 0.452. The van der Waals surface area contributed by atoms with Crippen molar-refractivity contribution in [2.45, 2.75) is 26.4 Å². The highest BCUT2D eigenvalue weighted by Crippen LogP contribution is 2.04. The van der Waals surface area contributed by atoms with Crippen LogP contribution in [0.4, 0.5) is 0 Å². The van der Waals surface area contributed by atoms with Gasteiger partial charge in [-0.05, 0) is 13.5 Å². The average molecular weight is 267 g/mol. The van der Waals surface area contributed by atoms with Crippen LogP contribution in [0.3, 0.4) is 0 Å². The molecule has 1 aromatic rings. The van der Waals surface area contributed by atoms with Crippen LogP contribution >= 0.6 is 0 Å². The number of rotatable bonds is 7. The summed E-state index contributed by atoms with van der Waals surface area (Å²) in [6.07, 6.45) is 3.10. The van der Waals surface area contributed by atoms with Crippen molar-refractivity contribution in [1.82, 2.24) is 24.8 Å². The Labute approximate surface area is 115 Å². The zero-order valence-electron chi connectivity index (χ0n) is 12.1. The van der Waals surface area contributed by atoms with Gasteiger partial charge in [-0.1, -0.05) is 12.1 Å². The molecule has 0 aromatic carbocycles. The number of likely N-dealkylation sites (N-methyl/N-ethyl adjacent to an activating group) is 1. The Kier molecular flexibility index (Phi) is 5.75. The molecule has 2 rings (SSSR count). The molecule has 0 spiro atoms. The van der Waals surface area contributed by atoms with Gasteiger partial charge in [0.25, 0.3) is 0 Å². The van der Waals surface area contributed by atoms with Crippen molar-refractivity contribution in [3.05, 3.63) is 11.9 Å². The molecule has 1 aliphatic rings. The molecule has 1 saturated heterocycles. The lowest BCUT2D eigenvalue weighted by Gasteiger charge is -2.31. The maximum atomic E-state index is 5.45. The molecule has 108 valence electrons. The van der Waals surface area contributed by atoms with Crippen molar-refractivity contribution in [3.63, 3.8) is 0 Å². The van der Waals surface area contributed by atoms with E-state index in [0.717, 1.165) is 58.0 Å². The van der Waals surface area contributed by atoms with Gasteiger partial charge in [0.2, 0.25) is 0 Å². The van der Waals surface area contributed by atoms with E-state index in [2.05, 4.69) is 34.1 Å². The first-order chi connectivity index (χ1) is 9.28. The Hall–Kier alpha value is -0.980.